The zero-order valence-corrected chi connectivity index (χ0v) is 12.5. The van der Waals surface area contributed by atoms with Gasteiger partial charge in [-0.2, -0.15) is 4.98 Å². The predicted octanol–water partition coefficient (Wildman–Crippen LogP) is 3.42. The van der Waals surface area contributed by atoms with Crippen molar-refractivity contribution < 1.29 is 8.91 Å². The summed E-state index contributed by atoms with van der Waals surface area (Å²) in [5.41, 5.74) is 6.86. The molecule has 0 fully saturated rings. The fraction of sp³-hybridized carbons (Fsp3) is 0.154. The third-order valence-corrected chi connectivity index (χ3v) is 4.29. The molecule has 0 radical (unpaired) electrons. The van der Waals surface area contributed by atoms with E-state index in [1.54, 1.807) is 0 Å². The number of aromatic nitrogens is 3. The Morgan fingerprint density at radius 1 is 1.38 bits per heavy atom. The van der Waals surface area contributed by atoms with Crippen molar-refractivity contribution in [3.05, 3.63) is 39.7 Å². The number of nitrogens with two attached hydrogens (primary N) is 1. The van der Waals surface area contributed by atoms with E-state index in [1.165, 1.54) is 29.5 Å². The molecule has 3 rings (SSSR count). The second-order valence-electron chi connectivity index (χ2n) is 4.27. The second kappa shape index (κ2) is 5.51. The van der Waals surface area contributed by atoms with Gasteiger partial charge in [0.25, 0.3) is 5.89 Å². The van der Waals surface area contributed by atoms with Gasteiger partial charge in [-0.15, -0.1) is 11.3 Å². The maximum atomic E-state index is 13.1. The molecular formula is C13H10ClFN4OS. The Labute approximate surface area is 128 Å². The molecule has 0 amide bonds. The summed E-state index contributed by atoms with van der Waals surface area (Å²) in [6, 6.07) is 4.01. The van der Waals surface area contributed by atoms with E-state index >= 15 is 0 Å². The highest BCUT2D eigenvalue weighted by molar-refractivity contribution is 7.15. The number of halogens is 2. The van der Waals surface area contributed by atoms with Crippen LogP contribution < -0.4 is 5.73 Å². The van der Waals surface area contributed by atoms with E-state index in [0.717, 1.165) is 15.6 Å². The van der Waals surface area contributed by atoms with Gasteiger partial charge in [-0.05, 0) is 25.1 Å². The van der Waals surface area contributed by atoms with Crippen molar-refractivity contribution >= 4 is 22.9 Å². The van der Waals surface area contributed by atoms with Crippen LogP contribution in [-0.2, 0) is 6.54 Å². The average molecular weight is 325 g/mol. The van der Waals surface area contributed by atoms with Gasteiger partial charge in [0.15, 0.2) is 0 Å². The largest absolute Gasteiger partial charge is 0.333 e. The van der Waals surface area contributed by atoms with Crippen molar-refractivity contribution in [1.29, 1.82) is 0 Å². The number of nitrogens with zero attached hydrogens (tertiary/aromatic N) is 3. The quantitative estimate of drug-likeness (QED) is 0.798. The van der Waals surface area contributed by atoms with Gasteiger partial charge >= 0.3 is 0 Å². The lowest BCUT2D eigenvalue weighted by Gasteiger charge is -1.97. The van der Waals surface area contributed by atoms with E-state index in [0.29, 0.717) is 23.8 Å². The molecule has 0 atom stereocenters. The molecule has 0 aliphatic rings. The van der Waals surface area contributed by atoms with Crippen molar-refractivity contribution in [1.82, 2.24) is 15.1 Å². The average Bonchev–Trinajstić information content (AvgIpc) is 3.05. The first-order chi connectivity index (χ1) is 10.1. The van der Waals surface area contributed by atoms with E-state index in [9.17, 15) is 4.39 Å². The van der Waals surface area contributed by atoms with Crippen LogP contribution in [0.2, 0.25) is 5.02 Å². The van der Waals surface area contributed by atoms with E-state index in [1.807, 2.05) is 6.92 Å². The van der Waals surface area contributed by atoms with Gasteiger partial charge < -0.3 is 10.3 Å². The van der Waals surface area contributed by atoms with E-state index in [-0.39, 0.29) is 5.02 Å². The van der Waals surface area contributed by atoms with E-state index in [4.69, 9.17) is 21.9 Å². The summed E-state index contributed by atoms with van der Waals surface area (Å²) in [6.07, 6.45) is 0. The predicted molar refractivity (Wildman–Crippen MR) is 78.4 cm³/mol. The van der Waals surface area contributed by atoms with Crippen molar-refractivity contribution in [3.8, 4) is 22.2 Å². The normalized spacial score (nSPS) is 11.0. The third-order valence-electron chi connectivity index (χ3n) is 2.81. The summed E-state index contributed by atoms with van der Waals surface area (Å²) >= 11 is 7.39. The topological polar surface area (TPSA) is 77.8 Å². The van der Waals surface area contributed by atoms with Crippen LogP contribution >= 0.6 is 22.9 Å². The van der Waals surface area contributed by atoms with Crippen molar-refractivity contribution in [2.75, 3.05) is 0 Å². The van der Waals surface area contributed by atoms with Gasteiger partial charge in [0.2, 0.25) is 5.82 Å². The maximum absolute atomic E-state index is 13.1. The molecular weight excluding hydrogens is 315 g/mol. The highest BCUT2D eigenvalue weighted by Crippen LogP contribution is 2.32. The Kier molecular flexibility index (Phi) is 3.71. The van der Waals surface area contributed by atoms with Crippen LogP contribution in [0.5, 0.6) is 0 Å². The number of thiazole rings is 1. The zero-order valence-electron chi connectivity index (χ0n) is 10.9. The molecule has 0 spiro atoms. The molecule has 0 aliphatic heterocycles. The highest BCUT2D eigenvalue weighted by Gasteiger charge is 2.18. The molecule has 2 N–H and O–H groups in total. The highest BCUT2D eigenvalue weighted by atomic mass is 35.5. The smallest absolute Gasteiger partial charge is 0.270 e. The first-order valence-electron chi connectivity index (χ1n) is 6.04. The molecule has 108 valence electrons. The Morgan fingerprint density at radius 2 is 2.19 bits per heavy atom. The van der Waals surface area contributed by atoms with Crippen LogP contribution in [0, 0.1) is 12.7 Å². The summed E-state index contributed by atoms with van der Waals surface area (Å²) in [7, 11) is 0. The van der Waals surface area contributed by atoms with Gasteiger partial charge in [-0.25, -0.2) is 9.37 Å². The Balaban J connectivity index is 2.01. The van der Waals surface area contributed by atoms with Crippen molar-refractivity contribution in [2.45, 2.75) is 13.5 Å². The van der Waals surface area contributed by atoms with Gasteiger partial charge in [-0.1, -0.05) is 16.8 Å². The Morgan fingerprint density at radius 3 is 2.86 bits per heavy atom. The summed E-state index contributed by atoms with van der Waals surface area (Å²) in [5, 5.41) is 4.91. The minimum atomic E-state index is -0.418. The van der Waals surface area contributed by atoms with Gasteiger partial charge in [0, 0.05) is 12.1 Å². The fourth-order valence-corrected chi connectivity index (χ4v) is 2.95. The molecule has 5 nitrogen and oxygen atoms in total. The Bertz CT molecular complexity index is 801. The summed E-state index contributed by atoms with van der Waals surface area (Å²) < 4.78 is 18.3. The molecule has 0 aliphatic carbocycles. The molecule has 21 heavy (non-hydrogen) atoms. The fourth-order valence-electron chi connectivity index (χ4n) is 1.83. The monoisotopic (exact) mass is 324 g/mol. The number of hydrogen-bond donors (Lipinski definition) is 1. The number of benzene rings is 1. The molecule has 0 unspecified atom stereocenters. The summed E-state index contributed by atoms with van der Waals surface area (Å²) in [6.45, 7) is 2.20. The van der Waals surface area contributed by atoms with Gasteiger partial charge in [0.1, 0.15) is 15.7 Å². The van der Waals surface area contributed by atoms with Crippen molar-refractivity contribution in [3.63, 3.8) is 0 Å². The number of aryl methyl sites for hydroxylation is 1. The first-order valence-corrected chi connectivity index (χ1v) is 7.24. The van der Waals surface area contributed by atoms with Crippen LogP contribution in [0.1, 0.15) is 10.7 Å². The molecule has 0 bridgehead atoms. The molecule has 3 aromatic rings. The lowest BCUT2D eigenvalue weighted by molar-refractivity contribution is 0.433. The lowest BCUT2D eigenvalue weighted by atomic mass is 10.2. The van der Waals surface area contributed by atoms with Crippen LogP contribution in [-0.4, -0.2) is 15.1 Å². The van der Waals surface area contributed by atoms with Crippen LogP contribution in [0.4, 0.5) is 4.39 Å². The second-order valence-corrected chi connectivity index (χ2v) is 5.76. The standard InChI is InChI=1S/C13H10ClFN4OS/c1-6-11(21-10(5-16)17-6)13-18-12(19-20-13)8-3-2-7(15)4-9(8)14/h2-4H,5,16H2,1H3. The number of rotatable bonds is 3. The van der Waals surface area contributed by atoms with E-state index < -0.39 is 5.82 Å². The first kappa shape index (κ1) is 14.1. The number of hydrogen-bond acceptors (Lipinski definition) is 6. The SMILES string of the molecule is Cc1nc(CN)sc1-c1nc(-c2ccc(F)cc2Cl)no1. The van der Waals surface area contributed by atoms with Crippen LogP contribution in [0.15, 0.2) is 22.7 Å². The molecule has 0 saturated carbocycles. The zero-order chi connectivity index (χ0) is 15.0. The molecule has 2 heterocycles. The molecule has 1 aromatic carbocycles. The third kappa shape index (κ3) is 2.67. The molecule has 0 saturated heterocycles. The van der Waals surface area contributed by atoms with Crippen molar-refractivity contribution in [2.24, 2.45) is 5.73 Å². The molecule has 8 heteroatoms. The van der Waals surface area contributed by atoms with Crippen LogP contribution in [0.3, 0.4) is 0 Å². The van der Waals surface area contributed by atoms with E-state index in [2.05, 4.69) is 15.1 Å². The summed E-state index contributed by atoms with van der Waals surface area (Å²) in [5.74, 6) is 0.232. The van der Waals surface area contributed by atoms with Crippen LogP contribution in [0.25, 0.3) is 22.2 Å². The maximum Gasteiger partial charge on any atom is 0.270 e. The lowest BCUT2D eigenvalue weighted by Crippen LogP contribution is -1.94. The molecule has 2 aromatic heterocycles. The summed E-state index contributed by atoms with van der Waals surface area (Å²) in [4.78, 5) is 9.37. The Hall–Kier alpha value is -1.83. The minimum Gasteiger partial charge on any atom is -0.333 e. The van der Waals surface area contributed by atoms with Gasteiger partial charge in [0.05, 0.1) is 10.7 Å². The van der Waals surface area contributed by atoms with Gasteiger partial charge in [-0.3, -0.25) is 0 Å². The minimum absolute atomic E-state index is 0.228.